The highest BCUT2D eigenvalue weighted by Gasteiger charge is 2.31. The van der Waals surface area contributed by atoms with Crippen LogP contribution in [0.5, 0.6) is 0 Å². The minimum absolute atomic E-state index is 0.192. The summed E-state index contributed by atoms with van der Waals surface area (Å²) >= 11 is 0. The highest BCUT2D eigenvalue weighted by molar-refractivity contribution is 6.07. The van der Waals surface area contributed by atoms with E-state index in [0.29, 0.717) is 11.4 Å². The number of halogens is 2. The lowest BCUT2D eigenvalue weighted by Crippen LogP contribution is -2.46. The van der Waals surface area contributed by atoms with E-state index >= 15 is 0 Å². The second-order valence-electron chi connectivity index (χ2n) is 6.37. The van der Waals surface area contributed by atoms with Gasteiger partial charge >= 0.3 is 6.03 Å². The first-order valence-corrected chi connectivity index (χ1v) is 8.40. The van der Waals surface area contributed by atoms with E-state index in [1.165, 1.54) is 6.07 Å². The largest absolute Gasteiger partial charge is 0.327 e. The Balaban J connectivity index is 1.68. The van der Waals surface area contributed by atoms with Crippen LogP contribution in [0.25, 0.3) is 10.9 Å². The van der Waals surface area contributed by atoms with Crippen molar-refractivity contribution >= 4 is 28.5 Å². The molecule has 1 aliphatic heterocycles. The number of allylic oxidation sites excluding steroid dienone is 1. The lowest BCUT2D eigenvalue weighted by atomic mass is 9.94. The van der Waals surface area contributed by atoms with Crippen LogP contribution in [0.1, 0.15) is 18.5 Å². The summed E-state index contributed by atoms with van der Waals surface area (Å²) in [5.41, 5.74) is 2.11. The highest BCUT2D eigenvalue weighted by Crippen LogP contribution is 2.29. The van der Waals surface area contributed by atoms with Gasteiger partial charge in [0.2, 0.25) is 0 Å². The molecule has 2 heterocycles. The average molecular weight is 383 g/mol. The number of anilines is 1. The van der Waals surface area contributed by atoms with Crippen LogP contribution in [-0.4, -0.2) is 22.1 Å². The molecule has 0 radical (unpaired) electrons. The predicted molar refractivity (Wildman–Crippen MR) is 98.2 cm³/mol. The zero-order chi connectivity index (χ0) is 19.8. The van der Waals surface area contributed by atoms with Crippen LogP contribution in [0.2, 0.25) is 0 Å². The Morgan fingerprint density at radius 1 is 1.14 bits per heavy atom. The third-order valence-electron chi connectivity index (χ3n) is 4.49. The Bertz CT molecular complexity index is 1140. The molecule has 2 aromatic carbocycles. The van der Waals surface area contributed by atoms with Gasteiger partial charge in [-0.25, -0.2) is 13.6 Å². The van der Waals surface area contributed by atoms with E-state index in [4.69, 9.17) is 0 Å². The summed E-state index contributed by atoms with van der Waals surface area (Å²) in [6.45, 7) is 1.57. The van der Waals surface area contributed by atoms with E-state index in [2.05, 4.69) is 26.1 Å². The maximum absolute atomic E-state index is 13.7. The van der Waals surface area contributed by atoms with Gasteiger partial charge in [-0.3, -0.25) is 9.89 Å². The molecule has 1 aliphatic rings. The van der Waals surface area contributed by atoms with Crippen molar-refractivity contribution in [1.82, 2.24) is 20.8 Å². The van der Waals surface area contributed by atoms with E-state index in [9.17, 15) is 18.4 Å². The quantitative estimate of drug-likeness (QED) is 0.559. The van der Waals surface area contributed by atoms with Crippen molar-refractivity contribution in [2.45, 2.75) is 13.0 Å². The Kier molecular flexibility index (Phi) is 4.26. The van der Waals surface area contributed by atoms with Crippen LogP contribution in [0.4, 0.5) is 19.3 Å². The van der Waals surface area contributed by atoms with Crippen LogP contribution in [0.15, 0.2) is 53.9 Å². The molecule has 1 unspecified atom stereocenters. The molecule has 0 aliphatic carbocycles. The molecular formula is C19H15F2N5O2. The zero-order valence-corrected chi connectivity index (χ0v) is 14.6. The fourth-order valence-electron chi connectivity index (χ4n) is 3.16. The molecule has 28 heavy (non-hydrogen) atoms. The summed E-state index contributed by atoms with van der Waals surface area (Å²) in [5.74, 6) is -2.56. The first kappa shape index (κ1) is 17.7. The summed E-state index contributed by atoms with van der Waals surface area (Å²) in [6.07, 6.45) is 1.63. The van der Waals surface area contributed by atoms with Gasteiger partial charge in [0.15, 0.2) is 11.6 Å². The molecule has 142 valence electrons. The van der Waals surface area contributed by atoms with Crippen LogP contribution in [-0.2, 0) is 4.79 Å². The fourth-order valence-corrected chi connectivity index (χ4v) is 3.16. The van der Waals surface area contributed by atoms with Crippen LogP contribution < -0.4 is 16.0 Å². The number of nitrogens with one attached hydrogen (secondary N) is 4. The monoisotopic (exact) mass is 383 g/mol. The molecule has 3 amide bonds. The first-order chi connectivity index (χ1) is 13.4. The molecule has 1 aromatic heterocycles. The summed E-state index contributed by atoms with van der Waals surface area (Å²) in [5, 5.41) is 15.4. The fraction of sp³-hybridized carbons (Fsp3) is 0.105. The lowest BCUT2D eigenvalue weighted by Gasteiger charge is -2.28. The predicted octanol–water partition coefficient (Wildman–Crippen LogP) is 3.11. The number of urea groups is 1. The topological polar surface area (TPSA) is 98.9 Å². The first-order valence-electron chi connectivity index (χ1n) is 8.40. The minimum atomic E-state index is -1.06. The number of fused-ring (bicyclic) bond motifs is 1. The molecule has 0 bridgehead atoms. The van der Waals surface area contributed by atoms with Crippen molar-refractivity contribution in [2.24, 2.45) is 0 Å². The number of aromatic nitrogens is 2. The van der Waals surface area contributed by atoms with Crippen molar-refractivity contribution in [3.05, 3.63) is 71.1 Å². The molecule has 4 N–H and O–H groups in total. The molecule has 4 rings (SSSR count). The van der Waals surface area contributed by atoms with Crippen molar-refractivity contribution in [1.29, 1.82) is 0 Å². The summed E-state index contributed by atoms with van der Waals surface area (Å²) in [4.78, 5) is 24.8. The third-order valence-corrected chi connectivity index (χ3v) is 4.49. The zero-order valence-electron chi connectivity index (χ0n) is 14.6. The number of hydrogen-bond acceptors (Lipinski definition) is 3. The van der Waals surface area contributed by atoms with E-state index in [1.54, 1.807) is 31.3 Å². The summed E-state index contributed by atoms with van der Waals surface area (Å²) in [7, 11) is 0. The van der Waals surface area contributed by atoms with Gasteiger partial charge in [-0.15, -0.1) is 0 Å². The van der Waals surface area contributed by atoms with Crippen molar-refractivity contribution in [2.75, 3.05) is 5.32 Å². The molecule has 0 saturated heterocycles. The number of nitrogens with zero attached hydrogens (tertiary/aromatic N) is 1. The normalized spacial score (nSPS) is 16.7. The lowest BCUT2D eigenvalue weighted by molar-refractivity contribution is -0.113. The Labute approximate surface area is 157 Å². The Morgan fingerprint density at radius 3 is 2.75 bits per heavy atom. The Hall–Kier alpha value is -3.75. The summed E-state index contributed by atoms with van der Waals surface area (Å²) in [6, 6.07) is 6.99. The maximum atomic E-state index is 13.7. The van der Waals surface area contributed by atoms with E-state index in [0.717, 1.165) is 23.0 Å². The molecule has 1 atom stereocenters. The highest BCUT2D eigenvalue weighted by atomic mass is 19.2. The van der Waals surface area contributed by atoms with Gasteiger partial charge in [-0.05, 0) is 42.8 Å². The van der Waals surface area contributed by atoms with Crippen LogP contribution in [0, 0.1) is 11.6 Å². The van der Waals surface area contributed by atoms with E-state index in [-0.39, 0.29) is 11.1 Å². The minimum Gasteiger partial charge on any atom is -0.327 e. The van der Waals surface area contributed by atoms with Gasteiger partial charge in [-0.2, -0.15) is 5.10 Å². The molecule has 0 spiro atoms. The van der Waals surface area contributed by atoms with Gasteiger partial charge in [0, 0.05) is 16.8 Å². The number of benzene rings is 2. The second-order valence-corrected chi connectivity index (χ2v) is 6.37. The van der Waals surface area contributed by atoms with Crippen molar-refractivity contribution < 1.29 is 18.4 Å². The van der Waals surface area contributed by atoms with Crippen molar-refractivity contribution in [3.8, 4) is 0 Å². The van der Waals surface area contributed by atoms with Crippen LogP contribution >= 0.6 is 0 Å². The Morgan fingerprint density at radius 2 is 1.96 bits per heavy atom. The second kappa shape index (κ2) is 6.76. The van der Waals surface area contributed by atoms with Gasteiger partial charge in [0.1, 0.15) is 0 Å². The summed E-state index contributed by atoms with van der Waals surface area (Å²) < 4.78 is 27.0. The van der Waals surface area contributed by atoms with Gasteiger partial charge in [0.05, 0.1) is 23.3 Å². The molecule has 7 nitrogen and oxygen atoms in total. The molecule has 9 heteroatoms. The van der Waals surface area contributed by atoms with E-state index < -0.39 is 29.6 Å². The molecule has 0 fully saturated rings. The third kappa shape index (κ3) is 3.18. The molecule has 3 aromatic rings. The van der Waals surface area contributed by atoms with E-state index in [1.807, 2.05) is 0 Å². The van der Waals surface area contributed by atoms with Crippen LogP contribution in [0.3, 0.4) is 0 Å². The number of hydrogen-bond donors (Lipinski definition) is 4. The average Bonchev–Trinajstić information content (AvgIpc) is 3.11. The standard InChI is InChI=1S/C19H15F2N5O2/c1-9-16(18(27)24-12-3-5-15-11(6-12)8-22-26-15)17(25-19(28)23-9)10-2-4-13(20)14(21)7-10/h2-8,17H,1H3,(H,22,26)(H,24,27)(H2,23,25,28). The van der Waals surface area contributed by atoms with Crippen molar-refractivity contribution in [3.63, 3.8) is 0 Å². The number of rotatable bonds is 3. The number of carbonyl (C=O) groups excluding carboxylic acids is 2. The van der Waals surface area contributed by atoms with Gasteiger partial charge < -0.3 is 16.0 Å². The number of amides is 3. The van der Waals surface area contributed by atoms with Gasteiger partial charge in [-0.1, -0.05) is 6.07 Å². The number of aromatic amines is 1. The number of carbonyl (C=O) groups is 2. The maximum Gasteiger partial charge on any atom is 0.319 e. The molecule has 0 saturated carbocycles. The smallest absolute Gasteiger partial charge is 0.319 e. The van der Waals surface area contributed by atoms with Gasteiger partial charge in [0.25, 0.3) is 5.91 Å². The molecular weight excluding hydrogens is 368 g/mol. The SMILES string of the molecule is CC1=C(C(=O)Nc2ccc3[nH]ncc3c2)C(c2ccc(F)c(F)c2)NC(=O)N1. The number of H-pyrrole nitrogens is 1.